The summed E-state index contributed by atoms with van der Waals surface area (Å²) in [5, 5.41) is 5.56. The third kappa shape index (κ3) is 43.5. The first-order valence-corrected chi connectivity index (χ1v) is 25.1. The van der Waals surface area contributed by atoms with E-state index in [0.717, 1.165) is 38.5 Å². The molecule has 2 atom stereocenters. The number of esters is 2. The Balaban J connectivity index is 4.46. The largest absolute Gasteiger partial charge is 0.472 e. The van der Waals surface area contributed by atoms with Crippen molar-refractivity contribution in [2.24, 2.45) is 5.11 Å². The number of carbonyl (C=O) groups excluding carboxylic acids is 3. The van der Waals surface area contributed by atoms with Gasteiger partial charge in [0.1, 0.15) is 6.61 Å². The number of hydrogen-bond donors (Lipinski definition) is 2. The summed E-state index contributed by atoms with van der Waals surface area (Å²) in [6.07, 6.45) is 35.1. The summed E-state index contributed by atoms with van der Waals surface area (Å²) in [4.78, 5) is 49.6. The van der Waals surface area contributed by atoms with Gasteiger partial charge >= 0.3 is 25.9 Å². The molecule has 0 radical (unpaired) electrons. The summed E-state index contributed by atoms with van der Waals surface area (Å²) < 4.78 is 38.2. The van der Waals surface area contributed by atoms with Gasteiger partial charge in [0.25, 0.3) is 0 Å². The van der Waals surface area contributed by atoms with Gasteiger partial charge in [0.05, 0.1) is 26.4 Å². The van der Waals surface area contributed by atoms with Crippen LogP contribution in [0.25, 0.3) is 10.4 Å². The zero-order valence-corrected chi connectivity index (χ0v) is 38.3. The van der Waals surface area contributed by atoms with E-state index in [1.165, 1.54) is 141 Å². The van der Waals surface area contributed by atoms with Crippen LogP contribution in [-0.4, -0.2) is 68.5 Å². The molecule has 0 aromatic rings. The Labute approximate surface area is 358 Å². The third-order valence-corrected chi connectivity index (χ3v) is 11.2. The van der Waals surface area contributed by atoms with E-state index in [1.54, 1.807) is 0 Å². The Hall–Kier alpha value is -2.37. The van der Waals surface area contributed by atoms with Gasteiger partial charge in [-0.2, -0.15) is 0 Å². The first kappa shape index (κ1) is 56.6. The molecule has 59 heavy (non-hydrogen) atoms. The van der Waals surface area contributed by atoms with Gasteiger partial charge in [-0.15, -0.1) is 0 Å². The van der Waals surface area contributed by atoms with E-state index in [-0.39, 0.29) is 45.8 Å². The van der Waals surface area contributed by atoms with Crippen molar-refractivity contribution in [3.05, 3.63) is 10.4 Å². The van der Waals surface area contributed by atoms with Gasteiger partial charge in [-0.05, 0) is 18.4 Å². The molecule has 0 aliphatic rings. The van der Waals surface area contributed by atoms with Crippen molar-refractivity contribution in [1.29, 1.82) is 0 Å². The molecule has 15 heteroatoms. The summed E-state index contributed by atoms with van der Waals surface area (Å²) >= 11 is 0. The van der Waals surface area contributed by atoms with Crippen LogP contribution in [0.1, 0.15) is 219 Å². The highest BCUT2D eigenvalue weighted by molar-refractivity contribution is 7.47. The normalized spacial score (nSPS) is 12.7. The van der Waals surface area contributed by atoms with Crippen LogP contribution in [0.5, 0.6) is 0 Å². The summed E-state index contributed by atoms with van der Waals surface area (Å²) in [6, 6.07) is 0. The zero-order chi connectivity index (χ0) is 43.3. The first-order chi connectivity index (χ1) is 28.7. The molecule has 14 nitrogen and oxygen atoms in total. The van der Waals surface area contributed by atoms with Gasteiger partial charge in [0.15, 0.2) is 6.10 Å². The van der Waals surface area contributed by atoms with Crippen LogP contribution in [0.2, 0.25) is 0 Å². The van der Waals surface area contributed by atoms with E-state index in [4.69, 9.17) is 28.8 Å². The summed E-state index contributed by atoms with van der Waals surface area (Å²) in [5.74, 6) is -0.924. The van der Waals surface area contributed by atoms with E-state index >= 15 is 0 Å². The van der Waals surface area contributed by atoms with E-state index in [2.05, 4.69) is 29.2 Å². The summed E-state index contributed by atoms with van der Waals surface area (Å²) in [6.45, 7) is 2.96. The molecule has 0 aliphatic heterocycles. The fraction of sp³-hybridized carbons (Fsp3) is 0.932. The Morgan fingerprint density at radius 1 is 0.576 bits per heavy atom. The van der Waals surface area contributed by atoms with Gasteiger partial charge in [0.2, 0.25) is 0 Å². The van der Waals surface area contributed by atoms with Crippen molar-refractivity contribution >= 4 is 25.9 Å². The fourth-order valence-corrected chi connectivity index (χ4v) is 7.46. The second-order valence-corrected chi connectivity index (χ2v) is 17.3. The number of azide groups is 1. The van der Waals surface area contributed by atoms with E-state index < -0.39 is 38.6 Å². The summed E-state index contributed by atoms with van der Waals surface area (Å²) in [5.41, 5.74) is 8.25. The number of phosphoric ester groups is 1. The molecular formula is C44H85N4O10P. The molecule has 0 aromatic heterocycles. The number of amides is 1. The monoisotopic (exact) mass is 861 g/mol. The van der Waals surface area contributed by atoms with Gasteiger partial charge < -0.3 is 24.4 Å². The molecule has 0 fully saturated rings. The molecule has 0 aliphatic carbocycles. The van der Waals surface area contributed by atoms with Gasteiger partial charge in [-0.1, -0.05) is 199 Å². The maximum Gasteiger partial charge on any atom is 0.472 e. The van der Waals surface area contributed by atoms with E-state index in [0.29, 0.717) is 12.8 Å². The lowest BCUT2D eigenvalue weighted by atomic mass is 10.0. The molecule has 0 saturated carbocycles. The number of ether oxygens (including phenoxy) is 3. The highest BCUT2D eigenvalue weighted by Crippen LogP contribution is 2.43. The topological polar surface area (TPSA) is 195 Å². The Morgan fingerprint density at radius 2 is 0.983 bits per heavy atom. The molecule has 1 unspecified atom stereocenters. The Morgan fingerprint density at radius 3 is 1.41 bits per heavy atom. The van der Waals surface area contributed by atoms with Crippen LogP contribution < -0.4 is 5.32 Å². The van der Waals surface area contributed by atoms with Crippen molar-refractivity contribution in [3.63, 3.8) is 0 Å². The number of alkyl carbamates (subject to hydrolysis) is 1. The molecule has 0 bridgehead atoms. The van der Waals surface area contributed by atoms with Crippen molar-refractivity contribution in [2.45, 2.75) is 225 Å². The van der Waals surface area contributed by atoms with Gasteiger partial charge in [0, 0.05) is 24.3 Å². The molecule has 1 amide bonds. The average Bonchev–Trinajstić information content (AvgIpc) is 3.22. The molecule has 0 saturated heterocycles. The lowest BCUT2D eigenvalue weighted by molar-refractivity contribution is -0.161. The number of nitrogens with zero attached hydrogens (tertiary/aromatic N) is 3. The maximum atomic E-state index is 12.7. The molecular weight excluding hydrogens is 775 g/mol. The van der Waals surface area contributed by atoms with Crippen LogP contribution in [0.4, 0.5) is 4.79 Å². The van der Waals surface area contributed by atoms with Crippen molar-refractivity contribution in [1.82, 2.24) is 5.32 Å². The second kappa shape index (κ2) is 43.7. The molecule has 0 aromatic carbocycles. The van der Waals surface area contributed by atoms with Gasteiger partial charge in [-0.25, -0.2) is 9.36 Å². The Kier molecular flexibility index (Phi) is 42.0. The predicted molar refractivity (Wildman–Crippen MR) is 235 cm³/mol. The lowest BCUT2D eigenvalue weighted by Crippen LogP contribution is -2.30. The minimum absolute atomic E-state index is 0.0276. The van der Waals surface area contributed by atoms with Crippen LogP contribution in [-0.2, 0) is 37.4 Å². The highest BCUT2D eigenvalue weighted by atomic mass is 31.2. The minimum atomic E-state index is -4.61. The second-order valence-electron chi connectivity index (χ2n) is 15.8. The number of phosphoric acid groups is 1. The molecule has 0 rings (SSSR count). The zero-order valence-electron chi connectivity index (χ0n) is 37.4. The molecule has 2 N–H and O–H groups in total. The maximum absolute atomic E-state index is 12.7. The fourth-order valence-electron chi connectivity index (χ4n) is 6.70. The predicted octanol–water partition coefficient (Wildman–Crippen LogP) is 13.1. The SMILES string of the molecule is CCCCCCCCCCCCCCCCCC(=O)OC[C@H](COP(=O)(O)OCCNC(=O)OCCN=[N+]=[N-])OC(=O)CCCCCCCCCCCCCCCCC. The summed E-state index contributed by atoms with van der Waals surface area (Å²) in [7, 11) is -4.61. The van der Waals surface area contributed by atoms with E-state index in [1.807, 2.05) is 0 Å². The number of hydrogen-bond acceptors (Lipinski definition) is 10. The highest BCUT2D eigenvalue weighted by Gasteiger charge is 2.26. The average molecular weight is 861 g/mol. The number of nitrogens with one attached hydrogen (secondary N) is 1. The third-order valence-electron chi connectivity index (χ3n) is 10.2. The van der Waals surface area contributed by atoms with Gasteiger partial charge in [-0.3, -0.25) is 18.6 Å². The van der Waals surface area contributed by atoms with Crippen LogP contribution in [0, 0.1) is 0 Å². The van der Waals surface area contributed by atoms with Crippen molar-refractivity contribution in [3.8, 4) is 0 Å². The van der Waals surface area contributed by atoms with Crippen molar-refractivity contribution < 1.29 is 47.1 Å². The molecule has 346 valence electrons. The quantitative estimate of drug-likeness (QED) is 0.0113. The first-order valence-electron chi connectivity index (χ1n) is 23.6. The van der Waals surface area contributed by atoms with Crippen LogP contribution in [0.15, 0.2) is 5.11 Å². The Bertz CT molecular complexity index is 1100. The number of unbranched alkanes of at least 4 members (excludes halogenated alkanes) is 28. The van der Waals surface area contributed by atoms with Crippen molar-refractivity contribution in [2.75, 3.05) is 39.5 Å². The lowest BCUT2D eigenvalue weighted by Gasteiger charge is -2.20. The smallest absolute Gasteiger partial charge is 0.462 e. The van der Waals surface area contributed by atoms with Crippen LogP contribution >= 0.6 is 7.82 Å². The van der Waals surface area contributed by atoms with E-state index in [9.17, 15) is 23.8 Å². The molecule has 0 heterocycles. The number of carbonyl (C=O) groups is 3. The standard InChI is InChI=1S/C44H85N4O10P/c1-3-5-7-9-11-13-15-17-19-21-23-25-27-29-31-33-42(49)55-39-41(40-57-59(52,53)56-38-35-46-44(51)54-37-36-47-48-45)58-43(50)34-32-30-28-26-24-22-20-18-16-14-12-10-8-6-4-2/h41H,3-40H2,1-2H3,(H,46,51)(H,52,53)/t41-/m1/s1. The minimum Gasteiger partial charge on any atom is -0.462 e. The van der Waals surface area contributed by atoms with Crippen LogP contribution in [0.3, 0.4) is 0 Å². The molecule has 0 spiro atoms. The number of rotatable bonds is 45.